The number of ether oxygens (including phenoxy) is 2. The molecule has 1 atom stereocenters. The van der Waals surface area contributed by atoms with Crippen molar-refractivity contribution >= 4 is 5.78 Å². The van der Waals surface area contributed by atoms with Crippen LogP contribution < -0.4 is 4.74 Å². The second kappa shape index (κ2) is 7.41. The van der Waals surface area contributed by atoms with Crippen LogP contribution in [0.15, 0.2) is 43.0 Å². The van der Waals surface area contributed by atoms with Gasteiger partial charge in [0.1, 0.15) is 17.0 Å². The van der Waals surface area contributed by atoms with Crippen LogP contribution in [0.3, 0.4) is 0 Å². The summed E-state index contributed by atoms with van der Waals surface area (Å²) in [6, 6.07) is 9.70. The van der Waals surface area contributed by atoms with E-state index in [9.17, 15) is 4.79 Å². The Morgan fingerprint density at radius 3 is 2.38 bits per heavy atom. The average Bonchev–Trinajstić information content (AvgIpc) is 2.46. The summed E-state index contributed by atoms with van der Waals surface area (Å²) in [4.78, 5) is 11.8. The third-order valence-electron chi connectivity index (χ3n) is 3.64. The van der Waals surface area contributed by atoms with Crippen molar-refractivity contribution in [2.75, 3.05) is 6.61 Å². The van der Waals surface area contributed by atoms with Crippen LogP contribution in [0, 0.1) is 0 Å². The first-order valence-corrected chi connectivity index (χ1v) is 7.38. The van der Waals surface area contributed by atoms with E-state index in [1.54, 1.807) is 0 Å². The van der Waals surface area contributed by atoms with Crippen LogP contribution in [0.1, 0.15) is 40.5 Å². The third kappa shape index (κ3) is 5.35. The smallest absolute Gasteiger partial charge is 0.186 e. The van der Waals surface area contributed by atoms with Gasteiger partial charge in [0.05, 0.1) is 6.61 Å². The maximum atomic E-state index is 11.8. The van der Waals surface area contributed by atoms with E-state index in [0.717, 1.165) is 5.75 Å². The minimum Gasteiger partial charge on any atom is -0.488 e. The molecule has 0 fully saturated rings. The summed E-state index contributed by atoms with van der Waals surface area (Å²) in [5.74, 6) is 0.759. The molecule has 0 spiro atoms. The molecule has 3 heteroatoms. The van der Waals surface area contributed by atoms with E-state index >= 15 is 0 Å². The number of hydrogen-bond donors (Lipinski definition) is 0. The zero-order valence-corrected chi connectivity index (χ0v) is 13.5. The van der Waals surface area contributed by atoms with E-state index in [1.807, 2.05) is 58.0 Å². The van der Waals surface area contributed by atoms with E-state index in [1.165, 1.54) is 6.08 Å². The Balaban J connectivity index is 2.53. The minimum absolute atomic E-state index is 0.0771. The molecule has 0 radical (unpaired) electrons. The number of carbonyl (C=O) groups excluding carboxylic acids is 1. The zero-order chi connectivity index (χ0) is 15.9. The first-order chi connectivity index (χ1) is 9.83. The van der Waals surface area contributed by atoms with Gasteiger partial charge in [-0.1, -0.05) is 31.7 Å². The van der Waals surface area contributed by atoms with Crippen LogP contribution >= 0.6 is 0 Å². The summed E-state index contributed by atoms with van der Waals surface area (Å²) in [5, 5.41) is 0. The minimum atomic E-state index is -0.787. The van der Waals surface area contributed by atoms with Gasteiger partial charge in [-0.25, -0.2) is 0 Å². The molecular weight excluding hydrogens is 264 g/mol. The summed E-state index contributed by atoms with van der Waals surface area (Å²) in [6.07, 6.45) is 2.65. The molecule has 1 aromatic carbocycles. The Hall–Kier alpha value is -1.61. The van der Waals surface area contributed by atoms with Crippen LogP contribution in [-0.2, 0) is 9.53 Å². The van der Waals surface area contributed by atoms with Gasteiger partial charge >= 0.3 is 0 Å². The Kier molecular flexibility index (Phi) is 6.16. The second-order valence-corrected chi connectivity index (χ2v) is 5.93. The lowest BCUT2D eigenvalue weighted by Gasteiger charge is -2.30. The highest BCUT2D eigenvalue weighted by Crippen LogP contribution is 2.23. The lowest BCUT2D eigenvalue weighted by atomic mass is 9.97. The Morgan fingerprint density at radius 2 is 1.86 bits per heavy atom. The first-order valence-electron chi connectivity index (χ1n) is 7.38. The quantitative estimate of drug-likeness (QED) is 0.640. The van der Waals surface area contributed by atoms with E-state index in [2.05, 4.69) is 6.58 Å². The van der Waals surface area contributed by atoms with E-state index in [0.29, 0.717) is 19.4 Å². The van der Waals surface area contributed by atoms with Gasteiger partial charge in [0.2, 0.25) is 0 Å². The molecule has 0 bridgehead atoms. The van der Waals surface area contributed by atoms with Crippen LogP contribution in [0.25, 0.3) is 0 Å². The molecule has 0 saturated heterocycles. The van der Waals surface area contributed by atoms with Crippen LogP contribution in [-0.4, -0.2) is 23.6 Å². The van der Waals surface area contributed by atoms with Crippen LogP contribution in [0.2, 0.25) is 0 Å². The standard InChI is InChI=1S/C18H26O3/c1-6-16(19)18(5,7-2)20-14-13-17(3,4)21-15-11-9-8-10-12-15/h6,8-12H,1,7,13-14H2,2-5H3. The molecule has 1 unspecified atom stereocenters. The Bertz CT molecular complexity index is 465. The van der Waals surface area contributed by atoms with Crippen LogP contribution in [0.5, 0.6) is 5.75 Å². The van der Waals surface area contributed by atoms with Gasteiger partial charge in [-0.05, 0) is 45.4 Å². The summed E-state index contributed by atoms with van der Waals surface area (Å²) in [5.41, 5.74) is -1.14. The number of rotatable bonds is 9. The zero-order valence-electron chi connectivity index (χ0n) is 13.5. The molecule has 0 aliphatic heterocycles. The number of para-hydroxylation sites is 1. The molecule has 0 aliphatic carbocycles. The van der Waals surface area contributed by atoms with Crippen molar-refractivity contribution in [3.8, 4) is 5.75 Å². The van der Waals surface area contributed by atoms with Crippen molar-refractivity contribution in [2.24, 2.45) is 0 Å². The molecule has 3 nitrogen and oxygen atoms in total. The predicted octanol–water partition coefficient (Wildman–Crippen LogP) is 4.17. The van der Waals surface area contributed by atoms with Crippen LogP contribution in [0.4, 0.5) is 0 Å². The average molecular weight is 290 g/mol. The molecule has 0 saturated carbocycles. The topological polar surface area (TPSA) is 35.5 Å². The fourth-order valence-electron chi connectivity index (χ4n) is 1.94. The maximum Gasteiger partial charge on any atom is 0.186 e. The number of ketones is 1. The fraction of sp³-hybridized carbons (Fsp3) is 0.500. The molecule has 1 rings (SSSR count). The molecule has 1 aromatic rings. The highest BCUT2D eigenvalue weighted by molar-refractivity contribution is 5.96. The summed E-state index contributed by atoms with van der Waals surface area (Å²) >= 11 is 0. The summed E-state index contributed by atoms with van der Waals surface area (Å²) in [7, 11) is 0. The Labute approximate surface area is 128 Å². The molecule has 116 valence electrons. The molecule has 0 heterocycles. The SMILES string of the molecule is C=CC(=O)C(C)(CC)OCCC(C)(C)Oc1ccccc1. The molecule has 0 N–H and O–H groups in total. The largest absolute Gasteiger partial charge is 0.488 e. The lowest BCUT2D eigenvalue weighted by Crippen LogP contribution is -2.39. The van der Waals surface area contributed by atoms with Crippen molar-refractivity contribution in [3.63, 3.8) is 0 Å². The molecule has 0 aromatic heterocycles. The van der Waals surface area contributed by atoms with Gasteiger partial charge in [-0.2, -0.15) is 0 Å². The van der Waals surface area contributed by atoms with Gasteiger partial charge in [0.15, 0.2) is 5.78 Å². The van der Waals surface area contributed by atoms with Crippen molar-refractivity contribution in [3.05, 3.63) is 43.0 Å². The Morgan fingerprint density at radius 1 is 1.24 bits per heavy atom. The van der Waals surface area contributed by atoms with E-state index in [4.69, 9.17) is 9.47 Å². The highest BCUT2D eigenvalue weighted by Gasteiger charge is 2.31. The maximum absolute atomic E-state index is 11.8. The van der Waals surface area contributed by atoms with Gasteiger partial charge in [-0.15, -0.1) is 0 Å². The summed E-state index contributed by atoms with van der Waals surface area (Å²) < 4.78 is 11.8. The third-order valence-corrected chi connectivity index (χ3v) is 3.64. The van der Waals surface area contributed by atoms with Gasteiger partial charge < -0.3 is 9.47 Å². The lowest BCUT2D eigenvalue weighted by molar-refractivity contribution is -0.139. The molecule has 21 heavy (non-hydrogen) atoms. The number of benzene rings is 1. The van der Waals surface area contributed by atoms with Crippen molar-refractivity contribution < 1.29 is 14.3 Å². The summed E-state index contributed by atoms with van der Waals surface area (Å²) in [6.45, 7) is 11.8. The molecule has 0 amide bonds. The van der Waals surface area contributed by atoms with Crippen molar-refractivity contribution in [1.29, 1.82) is 0 Å². The van der Waals surface area contributed by atoms with E-state index < -0.39 is 5.60 Å². The molecule has 0 aliphatic rings. The predicted molar refractivity (Wildman–Crippen MR) is 85.6 cm³/mol. The van der Waals surface area contributed by atoms with Crippen molar-refractivity contribution in [2.45, 2.75) is 51.7 Å². The van der Waals surface area contributed by atoms with Gasteiger partial charge in [0, 0.05) is 6.42 Å². The van der Waals surface area contributed by atoms with Crippen molar-refractivity contribution in [1.82, 2.24) is 0 Å². The molecular formula is C18H26O3. The highest BCUT2D eigenvalue weighted by atomic mass is 16.5. The fourth-order valence-corrected chi connectivity index (χ4v) is 1.94. The monoisotopic (exact) mass is 290 g/mol. The first kappa shape index (κ1) is 17.4. The number of carbonyl (C=O) groups is 1. The number of hydrogen-bond acceptors (Lipinski definition) is 3. The normalized spacial score (nSPS) is 14.3. The van der Waals surface area contributed by atoms with Gasteiger partial charge in [-0.3, -0.25) is 4.79 Å². The van der Waals surface area contributed by atoms with Gasteiger partial charge in [0.25, 0.3) is 0 Å². The van der Waals surface area contributed by atoms with E-state index in [-0.39, 0.29) is 11.4 Å². The second-order valence-electron chi connectivity index (χ2n) is 5.93.